The Morgan fingerprint density at radius 1 is 1.57 bits per heavy atom. The largest absolute Gasteiger partial charge is 0.365 e. The van der Waals surface area contributed by atoms with Crippen molar-refractivity contribution >= 4 is 23.5 Å². The zero-order valence-electron chi connectivity index (χ0n) is 7.45. The number of anilines is 1. The predicted molar refractivity (Wildman–Crippen MR) is 54.3 cm³/mol. The van der Waals surface area contributed by atoms with E-state index >= 15 is 0 Å². The van der Waals surface area contributed by atoms with Crippen LogP contribution in [0.5, 0.6) is 0 Å². The average molecular weight is 208 g/mol. The molecule has 0 spiro atoms. The summed E-state index contributed by atoms with van der Waals surface area (Å²) in [4.78, 5) is 3.45. The van der Waals surface area contributed by atoms with E-state index in [0.717, 1.165) is 4.88 Å². The number of tetrazole rings is 1. The summed E-state index contributed by atoms with van der Waals surface area (Å²) in [5.41, 5.74) is 5.43. The van der Waals surface area contributed by atoms with Crippen molar-refractivity contribution in [1.82, 2.24) is 20.3 Å². The van der Waals surface area contributed by atoms with Crippen LogP contribution in [0.2, 0.25) is 0 Å². The molecule has 2 rings (SSSR count). The maximum atomic E-state index is 5.43. The van der Waals surface area contributed by atoms with Gasteiger partial charge in [-0.05, 0) is 29.5 Å². The first-order valence-corrected chi connectivity index (χ1v) is 4.72. The lowest BCUT2D eigenvalue weighted by Gasteiger charge is -1.88. The van der Waals surface area contributed by atoms with Gasteiger partial charge in [0.25, 0.3) is 5.95 Å². The molecule has 2 heterocycles. The lowest BCUT2D eigenvalue weighted by Crippen LogP contribution is -1.99. The Kier molecular flexibility index (Phi) is 2.23. The van der Waals surface area contributed by atoms with E-state index in [1.165, 1.54) is 9.67 Å². The van der Waals surface area contributed by atoms with Gasteiger partial charge in [-0.3, -0.25) is 0 Å². The summed E-state index contributed by atoms with van der Waals surface area (Å²) in [7, 11) is 0. The minimum Gasteiger partial charge on any atom is -0.365 e. The van der Waals surface area contributed by atoms with E-state index in [4.69, 9.17) is 5.73 Å². The molecule has 2 aromatic rings. The number of hydrogen-bond donors (Lipinski definition) is 1. The summed E-state index contributed by atoms with van der Waals surface area (Å²) in [6.07, 6.45) is 1.67. The number of nitrogens with two attached hydrogens (primary N) is 1. The van der Waals surface area contributed by atoms with Gasteiger partial charge in [-0.25, -0.2) is 0 Å². The Morgan fingerprint density at radius 3 is 3.00 bits per heavy atom. The quantitative estimate of drug-likeness (QED) is 0.729. The maximum Gasteiger partial charge on any atom is 0.263 e. The molecule has 0 atom stereocenters. The van der Waals surface area contributed by atoms with Crippen molar-refractivity contribution < 1.29 is 0 Å². The van der Waals surface area contributed by atoms with E-state index in [2.05, 4.69) is 20.6 Å². The second kappa shape index (κ2) is 3.54. The molecule has 0 fully saturated rings. The third kappa shape index (κ3) is 1.77. The minimum atomic E-state index is 0.175. The number of thiophene rings is 1. The van der Waals surface area contributed by atoms with Crippen LogP contribution in [0, 0.1) is 6.92 Å². The van der Waals surface area contributed by atoms with Gasteiger partial charge in [0.05, 0.1) is 6.21 Å². The number of aromatic nitrogens is 4. The highest BCUT2D eigenvalue weighted by Gasteiger charge is 1.97. The highest BCUT2D eigenvalue weighted by molar-refractivity contribution is 7.13. The molecule has 0 aliphatic rings. The van der Waals surface area contributed by atoms with E-state index < -0.39 is 0 Å². The third-order valence-electron chi connectivity index (χ3n) is 1.53. The average Bonchev–Trinajstić information content (AvgIpc) is 2.72. The molecule has 0 aliphatic carbocycles. The summed E-state index contributed by atoms with van der Waals surface area (Å²) in [6.45, 7) is 2.04. The van der Waals surface area contributed by atoms with Crippen molar-refractivity contribution in [2.24, 2.45) is 5.10 Å². The number of hydrogen-bond acceptors (Lipinski definition) is 6. The summed E-state index contributed by atoms with van der Waals surface area (Å²) in [6, 6.07) is 4.00. The summed E-state index contributed by atoms with van der Waals surface area (Å²) in [5.74, 6) is 0.175. The number of rotatable bonds is 2. The van der Waals surface area contributed by atoms with Crippen LogP contribution in [0.3, 0.4) is 0 Å². The molecule has 0 amide bonds. The van der Waals surface area contributed by atoms with Crippen molar-refractivity contribution in [3.63, 3.8) is 0 Å². The molecule has 14 heavy (non-hydrogen) atoms. The molecular formula is C7H8N6S. The minimum absolute atomic E-state index is 0.175. The van der Waals surface area contributed by atoms with Crippen LogP contribution in [-0.4, -0.2) is 26.5 Å². The third-order valence-corrected chi connectivity index (χ3v) is 2.47. The fourth-order valence-corrected chi connectivity index (χ4v) is 1.65. The smallest absolute Gasteiger partial charge is 0.263 e. The van der Waals surface area contributed by atoms with Gasteiger partial charge in [0.15, 0.2) is 0 Å². The first kappa shape index (κ1) is 8.82. The van der Waals surface area contributed by atoms with Crippen LogP contribution in [-0.2, 0) is 0 Å². The molecule has 6 nitrogen and oxygen atoms in total. The molecule has 0 bridgehead atoms. The van der Waals surface area contributed by atoms with E-state index in [1.807, 2.05) is 19.1 Å². The highest BCUT2D eigenvalue weighted by Crippen LogP contribution is 2.12. The second-order valence-electron chi connectivity index (χ2n) is 2.62. The molecule has 0 saturated carbocycles. The van der Waals surface area contributed by atoms with Crippen molar-refractivity contribution in [2.75, 3.05) is 5.73 Å². The summed E-state index contributed by atoms with van der Waals surface area (Å²) < 4.78 is 0. The van der Waals surface area contributed by atoms with Gasteiger partial charge in [-0.1, -0.05) is 9.89 Å². The fourth-order valence-electron chi connectivity index (χ4n) is 0.906. The molecular weight excluding hydrogens is 200 g/mol. The van der Waals surface area contributed by atoms with Crippen LogP contribution < -0.4 is 5.73 Å². The Bertz CT molecular complexity index is 456. The van der Waals surface area contributed by atoms with Gasteiger partial charge in [0, 0.05) is 9.75 Å². The molecule has 0 radical (unpaired) electrons. The standard InChI is InChI=1S/C7H8N6S/c1-5-2-3-6(14-5)4-9-13-7(8)10-11-12-13/h2-4H,1H3,(H2,8,10,12). The van der Waals surface area contributed by atoms with Crippen LogP contribution in [0.25, 0.3) is 0 Å². The van der Waals surface area contributed by atoms with Gasteiger partial charge >= 0.3 is 0 Å². The van der Waals surface area contributed by atoms with Crippen molar-refractivity contribution in [3.8, 4) is 0 Å². The Balaban J connectivity index is 2.19. The molecule has 2 aromatic heterocycles. The number of aryl methyl sites for hydroxylation is 1. The normalized spacial score (nSPS) is 11.2. The van der Waals surface area contributed by atoms with Crippen molar-refractivity contribution in [1.29, 1.82) is 0 Å². The van der Waals surface area contributed by atoms with Crippen LogP contribution in [0.15, 0.2) is 17.2 Å². The zero-order chi connectivity index (χ0) is 9.97. The first-order valence-electron chi connectivity index (χ1n) is 3.90. The van der Waals surface area contributed by atoms with Gasteiger partial charge < -0.3 is 5.73 Å². The zero-order valence-corrected chi connectivity index (χ0v) is 8.27. The van der Waals surface area contributed by atoms with Gasteiger partial charge in [0.1, 0.15) is 0 Å². The van der Waals surface area contributed by atoms with Crippen LogP contribution in [0.4, 0.5) is 5.95 Å². The predicted octanol–water partition coefficient (Wildman–Crippen LogP) is 0.507. The highest BCUT2D eigenvalue weighted by atomic mass is 32.1. The van der Waals surface area contributed by atoms with Crippen molar-refractivity contribution in [3.05, 3.63) is 21.9 Å². The molecule has 0 aromatic carbocycles. The molecule has 0 aliphatic heterocycles. The van der Waals surface area contributed by atoms with Crippen LogP contribution in [0.1, 0.15) is 9.75 Å². The number of nitrogen functional groups attached to an aromatic ring is 1. The van der Waals surface area contributed by atoms with Crippen LogP contribution >= 0.6 is 11.3 Å². The van der Waals surface area contributed by atoms with E-state index in [1.54, 1.807) is 17.6 Å². The Hall–Kier alpha value is -1.76. The SMILES string of the molecule is Cc1ccc(C=Nn2nnnc2N)s1. The molecule has 72 valence electrons. The number of nitrogens with zero attached hydrogens (tertiary/aromatic N) is 5. The molecule has 0 saturated heterocycles. The summed E-state index contributed by atoms with van der Waals surface area (Å²) >= 11 is 1.64. The Morgan fingerprint density at radius 2 is 2.43 bits per heavy atom. The topological polar surface area (TPSA) is 82.0 Å². The van der Waals surface area contributed by atoms with Crippen molar-refractivity contribution in [2.45, 2.75) is 6.92 Å². The summed E-state index contributed by atoms with van der Waals surface area (Å²) in [5, 5.41) is 14.4. The first-order chi connectivity index (χ1) is 6.75. The lowest BCUT2D eigenvalue weighted by molar-refractivity contribution is 0.700. The van der Waals surface area contributed by atoms with Gasteiger partial charge in [-0.15, -0.1) is 11.3 Å². The Labute approximate surface area is 84.0 Å². The monoisotopic (exact) mass is 208 g/mol. The van der Waals surface area contributed by atoms with E-state index in [9.17, 15) is 0 Å². The molecule has 2 N–H and O–H groups in total. The van der Waals surface area contributed by atoms with Gasteiger partial charge in [0.2, 0.25) is 0 Å². The van der Waals surface area contributed by atoms with Gasteiger partial charge in [-0.2, -0.15) is 5.10 Å². The maximum absolute atomic E-state index is 5.43. The fraction of sp³-hybridized carbons (Fsp3) is 0.143. The lowest BCUT2D eigenvalue weighted by atomic mass is 10.4. The molecule has 7 heteroatoms. The van der Waals surface area contributed by atoms with E-state index in [0.29, 0.717) is 0 Å². The second-order valence-corrected chi connectivity index (χ2v) is 3.94. The van der Waals surface area contributed by atoms with E-state index in [-0.39, 0.29) is 5.95 Å². The molecule has 0 unspecified atom stereocenters.